The van der Waals surface area contributed by atoms with Gasteiger partial charge in [-0.25, -0.2) is 0 Å². The van der Waals surface area contributed by atoms with Crippen molar-refractivity contribution in [3.8, 4) is 5.75 Å². The normalized spacial score (nSPS) is 22.9. The van der Waals surface area contributed by atoms with Crippen molar-refractivity contribution >= 4 is 17.5 Å². The van der Waals surface area contributed by atoms with Crippen LogP contribution in [0.4, 0.5) is 0 Å². The molecule has 0 N–H and O–H groups in total. The number of esters is 1. The first-order valence-electron chi connectivity index (χ1n) is 8.75. The van der Waals surface area contributed by atoms with E-state index >= 15 is 0 Å². The molecule has 1 aliphatic rings. The average molecular weight is 377 g/mol. The van der Waals surface area contributed by atoms with Crippen LogP contribution in [0.1, 0.15) is 37.0 Å². The van der Waals surface area contributed by atoms with Crippen LogP contribution in [0.5, 0.6) is 5.75 Å². The molecule has 1 fully saturated rings. The molecular weight excluding hydrogens is 354 g/mol. The van der Waals surface area contributed by atoms with Gasteiger partial charge in [0.15, 0.2) is 6.10 Å². The van der Waals surface area contributed by atoms with Gasteiger partial charge in [0.05, 0.1) is 13.5 Å². The maximum absolute atomic E-state index is 12.4. The van der Waals surface area contributed by atoms with Crippen molar-refractivity contribution in [1.82, 2.24) is 0 Å². The number of benzene rings is 1. The fourth-order valence-electron chi connectivity index (χ4n) is 3.47. The van der Waals surface area contributed by atoms with Crippen molar-refractivity contribution in [3.63, 3.8) is 0 Å². The smallest absolute Gasteiger partial charge is 0.307 e. The Morgan fingerprint density at radius 2 is 1.93 bits per heavy atom. The Morgan fingerprint density at radius 3 is 2.48 bits per heavy atom. The van der Waals surface area contributed by atoms with E-state index in [0.717, 1.165) is 0 Å². The van der Waals surface area contributed by atoms with Gasteiger partial charge < -0.3 is 9.47 Å². The van der Waals surface area contributed by atoms with Gasteiger partial charge in [-0.3, -0.25) is 24.5 Å². The van der Waals surface area contributed by atoms with Crippen LogP contribution < -0.4 is 4.74 Å². The molecule has 8 nitrogen and oxygen atoms in total. The second kappa shape index (κ2) is 8.75. The first-order chi connectivity index (χ1) is 12.7. The molecule has 1 saturated carbocycles. The van der Waals surface area contributed by atoms with Gasteiger partial charge >= 0.3 is 5.97 Å². The number of nitro groups is 1. The summed E-state index contributed by atoms with van der Waals surface area (Å²) in [6.45, 7) is 2.87. The molecule has 0 spiro atoms. The highest BCUT2D eigenvalue weighted by atomic mass is 16.6. The third-order valence-electron chi connectivity index (χ3n) is 4.98. The number of hydrogen-bond donors (Lipinski definition) is 0. The molecule has 0 amide bonds. The molecule has 27 heavy (non-hydrogen) atoms. The van der Waals surface area contributed by atoms with Crippen LogP contribution in [0.3, 0.4) is 0 Å². The zero-order valence-corrected chi connectivity index (χ0v) is 15.5. The molecule has 0 heterocycles. The number of methoxy groups -OCH3 is 1. The van der Waals surface area contributed by atoms with E-state index in [1.165, 1.54) is 14.0 Å². The number of hydrogen-bond acceptors (Lipinski definition) is 7. The van der Waals surface area contributed by atoms with E-state index < -0.39 is 28.8 Å². The summed E-state index contributed by atoms with van der Waals surface area (Å²) in [4.78, 5) is 47.1. The largest absolute Gasteiger partial charge is 0.497 e. The van der Waals surface area contributed by atoms with Crippen molar-refractivity contribution in [2.24, 2.45) is 17.8 Å². The Hall–Kier alpha value is -2.77. The molecule has 146 valence electrons. The molecule has 0 bridgehead atoms. The highest BCUT2D eigenvalue weighted by Gasteiger charge is 2.44. The van der Waals surface area contributed by atoms with Gasteiger partial charge in [-0.05, 0) is 37.1 Å². The highest BCUT2D eigenvalue weighted by molar-refractivity contribution is 6.00. The molecule has 2 rings (SSSR count). The van der Waals surface area contributed by atoms with Crippen LogP contribution in [0.2, 0.25) is 0 Å². The molecule has 4 atom stereocenters. The first kappa shape index (κ1) is 20.5. The number of rotatable bonds is 8. The zero-order valence-electron chi connectivity index (χ0n) is 15.5. The highest BCUT2D eigenvalue weighted by Crippen LogP contribution is 2.36. The van der Waals surface area contributed by atoms with Crippen LogP contribution in [0, 0.1) is 27.9 Å². The second-order valence-electron chi connectivity index (χ2n) is 6.86. The van der Waals surface area contributed by atoms with E-state index in [0.29, 0.717) is 11.3 Å². The Bertz CT molecular complexity index is 728. The SMILES string of the molecule is COc1ccc(C(=O)[C@H](C)OC(=O)C[C@H]2C(=O)C[C@@H](C)[C@H]2C[N+](=O)[O-])cc1. The monoisotopic (exact) mass is 377 g/mol. The summed E-state index contributed by atoms with van der Waals surface area (Å²) in [5.41, 5.74) is 0.368. The number of Topliss-reactive ketones (excluding diaryl/α,β-unsaturated/α-hetero) is 2. The fourth-order valence-corrected chi connectivity index (χ4v) is 3.47. The molecule has 0 aromatic heterocycles. The van der Waals surface area contributed by atoms with Crippen molar-refractivity contribution in [3.05, 3.63) is 39.9 Å². The molecule has 8 heteroatoms. The lowest BCUT2D eigenvalue weighted by Gasteiger charge is -2.18. The minimum Gasteiger partial charge on any atom is -0.497 e. The van der Waals surface area contributed by atoms with Gasteiger partial charge in [-0.1, -0.05) is 6.92 Å². The maximum Gasteiger partial charge on any atom is 0.307 e. The molecule has 1 aromatic carbocycles. The lowest BCUT2D eigenvalue weighted by Crippen LogP contribution is -2.30. The lowest BCUT2D eigenvalue weighted by molar-refractivity contribution is -0.490. The van der Waals surface area contributed by atoms with E-state index in [2.05, 4.69) is 0 Å². The van der Waals surface area contributed by atoms with Gasteiger partial charge in [-0.15, -0.1) is 0 Å². The van der Waals surface area contributed by atoms with Crippen molar-refractivity contribution < 1.29 is 28.8 Å². The van der Waals surface area contributed by atoms with Crippen molar-refractivity contribution in [2.45, 2.75) is 32.8 Å². The third kappa shape index (κ3) is 5.12. The summed E-state index contributed by atoms with van der Waals surface area (Å²) < 4.78 is 10.2. The zero-order chi connectivity index (χ0) is 20.1. The Morgan fingerprint density at radius 1 is 1.30 bits per heavy atom. The summed E-state index contributed by atoms with van der Waals surface area (Å²) in [6, 6.07) is 6.40. The second-order valence-corrected chi connectivity index (χ2v) is 6.86. The maximum atomic E-state index is 12.4. The Labute approximate surface area is 157 Å². The minimum atomic E-state index is -1.02. The predicted octanol–water partition coefficient (Wildman–Crippen LogP) is 2.32. The predicted molar refractivity (Wildman–Crippen MR) is 95.1 cm³/mol. The van der Waals surface area contributed by atoms with Gasteiger partial charge in [0.2, 0.25) is 12.3 Å². The van der Waals surface area contributed by atoms with Crippen LogP contribution in [-0.4, -0.2) is 42.2 Å². The molecule has 0 radical (unpaired) electrons. The van der Waals surface area contributed by atoms with Crippen LogP contribution in [-0.2, 0) is 14.3 Å². The van der Waals surface area contributed by atoms with E-state index in [4.69, 9.17) is 9.47 Å². The minimum absolute atomic E-state index is 0.154. The van der Waals surface area contributed by atoms with Gasteiger partial charge in [0, 0.05) is 28.7 Å². The number of nitrogens with zero attached hydrogens (tertiary/aromatic N) is 1. The van der Waals surface area contributed by atoms with Gasteiger partial charge in [0.25, 0.3) is 0 Å². The van der Waals surface area contributed by atoms with E-state index in [1.807, 2.05) is 0 Å². The summed E-state index contributed by atoms with van der Waals surface area (Å²) in [5, 5.41) is 10.8. The number of carbonyl (C=O) groups is 3. The number of carbonyl (C=O) groups excluding carboxylic acids is 3. The van der Waals surface area contributed by atoms with Gasteiger partial charge in [-0.2, -0.15) is 0 Å². The standard InChI is InChI=1S/C19H23NO7/c1-11-8-17(21)15(16(11)10-20(24)25)9-18(22)27-12(2)19(23)13-4-6-14(26-3)7-5-13/h4-7,11-12,15-16H,8-10H2,1-3H3/t11-,12+,15-,16-/m1/s1. The van der Waals surface area contributed by atoms with E-state index in [9.17, 15) is 24.5 Å². The molecule has 0 saturated heterocycles. The Balaban J connectivity index is 1.97. The molecule has 1 aromatic rings. The van der Waals surface area contributed by atoms with Gasteiger partial charge in [0.1, 0.15) is 11.5 Å². The van der Waals surface area contributed by atoms with Crippen molar-refractivity contribution in [2.75, 3.05) is 13.7 Å². The fraction of sp³-hybridized carbons (Fsp3) is 0.526. The topological polar surface area (TPSA) is 113 Å². The summed E-state index contributed by atoms with van der Waals surface area (Å²) >= 11 is 0. The van der Waals surface area contributed by atoms with Crippen LogP contribution in [0.15, 0.2) is 24.3 Å². The van der Waals surface area contributed by atoms with E-state index in [-0.39, 0.29) is 36.9 Å². The number of ketones is 2. The quantitative estimate of drug-likeness (QED) is 0.296. The van der Waals surface area contributed by atoms with Crippen molar-refractivity contribution in [1.29, 1.82) is 0 Å². The lowest BCUT2D eigenvalue weighted by atomic mass is 9.88. The Kier molecular flexibility index (Phi) is 6.65. The first-order valence-corrected chi connectivity index (χ1v) is 8.75. The summed E-state index contributed by atoms with van der Waals surface area (Å²) in [5.74, 6) is -2.03. The molecule has 1 aliphatic carbocycles. The summed E-state index contributed by atoms with van der Waals surface area (Å²) in [7, 11) is 1.51. The summed E-state index contributed by atoms with van der Waals surface area (Å²) in [6.07, 6.45) is -1.05. The van der Waals surface area contributed by atoms with Crippen LogP contribution in [0.25, 0.3) is 0 Å². The molecule has 0 aliphatic heterocycles. The van der Waals surface area contributed by atoms with Crippen LogP contribution >= 0.6 is 0 Å². The van der Waals surface area contributed by atoms with E-state index in [1.54, 1.807) is 31.2 Å². The molecule has 0 unspecified atom stereocenters. The average Bonchev–Trinajstić information content (AvgIpc) is 2.87. The third-order valence-corrected chi connectivity index (χ3v) is 4.98. The number of ether oxygens (including phenoxy) is 2. The molecular formula is C19H23NO7.